The Morgan fingerprint density at radius 1 is 1.29 bits per heavy atom. The Morgan fingerprint density at radius 3 is 3.07 bits per heavy atom. The summed E-state index contributed by atoms with van der Waals surface area (Å²) in [5.41, 5.74) is 12.5. The predicted molar refractivity (Wildman–Crippen MR) is 52.8 cm³/mol. The summed E-state index contributed by atoms with van der Waals surface area (Å²) in [6, 6.07) is 0. The van der Waals surface area contributed by atoms with Crippen LogP contribution in [0.4, 0.5) is 0 Å². The second kappa shape index (κ2) is 1.70. The van der Waals surface area contributed by atoms with Crippen molar-refractivity contribution in [1.82, 2.24) is 0 Å². The van der Waals surface area contributed by atoms with Gasteiger partial charge in [-0.2, -0.15) is 0 Å². The number of hydrogen-bond acceptors (Lipinski definition) is 0. The molecule has 1 fully saturated rings. The van der Waals surface area contributed by atoms with Crippen LogP contribution in [0.15, 0.2) is 47.6 Å². The summed E-state index contributed by atoms with van der Waals surface area (Å²) in [6.07, 6.45) is 14.8. The highest BCUT2D eigenvalue weighted by molar-refractivity contribution is 5.57. The molecule has 2 heterocycles. The van der Waals surface area contributed by atoms with Crippen LogP contribution in [0.3, 0.4) is 0 Å². The average molecular weight is 182 g/mol. The normalized spacial score (nSPS) is 45.6. The van der Waals surface area contributed by atoms with Crippen molar-refractivity contribution in [3.8, 4) is 0 Å². The van der Waals surface area contributed by atoms with Crippen molar-refractivity contribution in [2.45, 2.75) is 23.9 Å². The summed E-state index contributed by atoms with van der Waals surface area (Å²) in [7, 11) is 0. The fourth-order valence-corrected chi connectivity index (χ4v) is 3.32. The van der Waals surface area contributed by atoms with Gasteiger partial charge in [0.05, 0.1) is 6.42 Å². The second-order valence-electron chi connectivity index (χ2n) is 4.59. The van der Waals surface area contributed by atoms with Gasteiger partial charge >= 0.3 is 0 Å². The Morgan fingerprint density at radius 2 is 2.21 bits per heavy atom. The summed E-state index contributed by atoms with van der Waals surface area (Å²) in [6.45, 7) is 0. The highest BCUT2D eigenvalue weighted by atomic mass is 15.4. The molecule has 2 heteroatoms. The molecule has 0 radical (unpaired) electrons. The molecule has 0 aromatic rings. The van der Waals surface area contributed by atoms with Gasteiger partial charge in [0.2, 0.25) is 5.54 Å². The molecule has 0 aromatic heterocycles. The van der Waals surface area contributed by atoms with E-state index in [1.165, 1.54) is 15.8 Å². The van der Waals surface area contributed by atoms with Crippen molar-refractivity contribution in [3.05, 3.63) is 53.1 Å². The molecular weight excluding hydrogens is 172 g/mol. The minimum atomic E-state index is -0.182. The van der Waals surface area contributed by atoms with Crippen LogP contribution in [-0.4, -0.2) is 15.8 Å². The number of nitrogens with zero attached hydrogens (tertiary/aromatic N) is 2. The van der Waals surface area contributed by atoms with Gasteiger partial charge in [-0.1, -0.05) is 18.2 Å². The van der Waals surface area contributed by atoms with Crippen molar-refractivity contribution >= 4 is 0 Å². The lowest BCUT2D eigenvalue weighted by Gasteiger charge is -2.54. The maximum Gasteiger partial charge on any atom is 0.204 e. The Balaban J connectivity index is 2.05. The van der Waals surface area contributed by atoms with Crippen LogP contribution in [0.2, 0.25) is 0 Å². The lowest BCUT2D eigenvalue weighted by Crippen LogP contribution is -2.68. The van der Waals surface area contributed by atoms with Crippen molar-refractivity contribution in [2.75, 3.05) is 0 Å². The molecule has 0 saturated carbocycles. The van der Waals surface area contributed by atoms with Crippen LogP contribution in [0, 0.1) is 0 Å². The summed E-state index contributed by atoms with van der Waals surface area (Å²) in [4.78, 5) is 0. The highest BCUT2D eigenvalue weighted by Crippen LogP contribution is 2.59. The van der Waals surface area contributed by atoms with Gasteiger partial charge in [-0.3, -0.25) is 4.70 Å². The van der Waals surface area contributed by atoms with E-state index in [2.05, 4.69) is 30.4 Å². The van der Waals surface area contributed by atoms with Gasteiger partial charge in [0.25, 0.3) is 0 Å². The third kappa shape index (κ3) is 0.445. The number of hydrogen-bond donors (Lipinski definition) is 0. The molecule has 2 atom stereocenters. The minimum absolute atomic E-state index is 0.147. The van der Waals surface area contributed by atoms with E-state index in [1.54, 1.807) is 0 Å². The SMILES string of the molecule is [N-]=[N+]1C23C=CC=C2C=C2CC=CC21C3. The van der Waals surface area contributed by atoms with Crippen molar-refractivity contribution in [3.63, 3.8) is 0 Å². The van der Waals surface area contributed by atoms with E-state index in [0.29, 0.717) is 0 Å². The van der Waals surface area contributed by atoms with Crippen LogP contribution in [-0.2, 0) is 0 Å². The van der Waals surface area contributed by atoms with Crippen LogP contribution >= 0.6 is 0 Å². The van der Waals surface area contributed by atoms with Gasteiger partial charge in [-0.05, 0) is 24.6 Å². The van der Waals surface area contributed by atoms with Crippen LogP contribution in [0.25, 0.3) is 5.53 Å². The van der Waals surface area contributed by atoms with E-state index in [0.717, 1.165) is 12.8 Å². The quantitative estimate of drug-likeness (QED) is 0.406. The summed E-state index contributed by atoms with van der Waals surface area (Å²) >= 11 is 0. The molecule has 0 N–H and O–H groups in total. The molecule has 68 valence electrons. The molecule has 2 spiro atoms. The second-order valence-corrected chi connectivity index (χ2v) is 4.59. The fourth-order valence-electron chi connectivity index (χ4n) is 3.32. The van der Waals surface area contributed by atoms with E-state index in [-0.39, 0.29) is 11.1 Å². The summed E-state index contributed by atoms with van der Waals surface area (Å²) in [5.74, 6) is 0. The molecule has 2 aliphatic heterocycles. The molecule has 0 aromatic carbocycles. The van der Waals surface area contributed by atoms with Gasteiger partial charge in [0.15, 0.2) is 5.54 Å². The smallest absolute Gasteiger partial charge is 0.204 e. The lowest BCUT2D eigenvalue weighted by atomic mass is 9.61. The van der Waals surface area contributed by atoms with E-state index in [1.807, 2.05) is 6.08 Å². The van der Waals surface area contributed by atoms with E-state index in [4.69, 9.17) is 0 Å². The zero-order chi connectivity index (χ0) is 9.39. The molecule has 5 rings (SSSR count). The zero-order valence-electron chi connectivity index (χ0n) is 7.77. The Kier molecular flexibility index (Phi) is 0.840. The molecule has 2 bridgehead atoms. The average Bonchev–Trinajstić information content (AvgIpc) is 2.77. The third-order valence-corrected chi connectivity index (χ3v) is 4.06. The molecule has 3 aliphatic carbocycles. The van der Waals surface area contributed by atoms with E-state index in [9.17, 15) is 5.53 Å². The van der Waals surface area contributed by atoms with Crippen LogP contribution in [0.1, 0.15) is 12.8 Å². The highest BCUT2D eigenvalue weighted by Gasteiger charge is 2.69. The number of rotatable bonds is 0. The molecule has 2 unspecified atom stereocenters. The monoisotopic (exact) mass is 182 g/mol. The minimum Gasteiger partial charge on any atom is -0.505 e. The van der Waals surface area contributed by atoms with Crippen molar-refractivity contribution < 1.29 is 4.70 Å². The molecular formula is C12H10N2. The first-order valence-electron chi connectivity index (χ1n) is 5.06. The van der Waals surface area contributed by atoms with Crippen LogP contribution < -0.4 is 0 Å². The van der Waals surface area contributed by atoms with Crippen LogP contribution in [0.5, 0.6) is 0 Å². The maximum atomic E-state index is 10.2. The maximum absolute atomic E-state index is 10.2. The van der Waals surface area contributed by atoms with E-state index < -0.39 is 0 Å². The fraction of sp³-hybridized carbons (Fsp3) is 0.333. The standard InChI is InChI=1S/C12H10N2/c13-14-11-5-1-3-9(11)7-10-4-2-6-12(10,14)8-11/h1-3,5-7H,4,8H2. The Hall–Kier alpha value is -1.44. The third-order valence-electron chi connectivity index (χ3n) is 4.06. The first kappa shape index (κ1) is 6.93. The molecule has 14 heavy (non-hydrogen) atoms. The number of allylic oxidation sites excluding steroid dienone is 3. The zero-order valence-corrected chi connectivity index (χ0v) is 7.77. The van der Waals surface area contributed by atoms with Gasteiger partial charge < -0.3 is 5.53 Å². The summed E-state index contributed by atoms with van der Waals surface area (Å²) in [5, 5.41) is 0. The molecule has 5 aliphatic rings. The predicted octanol–water partition coefficient (Wildman–Crippen LogP) is 2.30. The molecule has 0 amide bonds. The van der Waals surface area contributed by atoms with Gasteiger partial charge in [0.1, 0.15) is 0 Å². The van der Waals surface area contributed by atoms with Gasteiger partial charge in [0, 0.05) is 11.1 Å². The summed E-state index contributed by atoms with van der Waals surface area (Å²) < 4.78 is 1.54. The molecule has 2 nitrogen and oxygen atoms in total. The lowest BCUT2D eigenvalue weighted by molar-refractivity contribution is -0.722. The first-order chi connectivity index (χ1) is 6.78. The van der Waals surface area contributed by atoms with Gasteiger partial charge in [-0.15, -0.1) is 0 Å². The Labute approximate surface area is 82.4 Å². The first-order valence-corrected chi connectivity index (χ1v) is 5.06. The topological polar surface area (TPSA) is 25.3 Å². The van der Waals surface area contributed by atoms with Gasteiger partial charge in [-0.25, -0.2) is 0 Å². The molecule has 1 saturated heterocycles. The Bertz CT molecular complexity index is 492. The van der Waals surface area contributed by atoms with E-state index >= 15 is 0 Å². The van der Waals surface area contributed by atoms with Crippen molar-refractivity contribution in [1.29, 1.82) is 0 Å². The van der Waals surface area contributed by atoms with Crippen molar-refractivity contribution in [2.24, 2.45) is 0 Å². The largest absolute Gasteiger partial charge is 0.505 e.